The monoisotopic (exact) mass is 525 g/mol. The Morgan fingerprint density at radius 1 is 1.05 bits per heavy atom. The minimum Gasteiger partial charge on any atom is -0.444 e. The third kappa shape index (κ3) is 8.88. The fourth-order valence-electron chi connectivity index (χ4n) is 4.76. The van der Waals surface area contributed by atoms with Crippen molar-refractivity contribution in [3.05, 3.63) is 35.9 Å². The maximum atomic E-state index is 12.9. The minimum absolute atomic E-state index is 0.0229. The molecular weight excluding hydrogens is 482 g/mol. The number of carbonyl (C=O) groups is 1. The maximum Gasteiger partial charge on any atom is 0.407 e. The van der Waals surface area contributed by atoms with Crippen LogP contribution in [0.4, 0.5) is 4.79 Å². The zero-order valence-electron chi connectivity index (χ0n) is 22.8. The number of rotatable bonds is 12. The summed E-state index contributed by atoms with van der Waals surface area (Å²) in [5.74, 6) is 0. The smallest absolute Gasteiger partial charge is 0.407 e. The van der Waals surface area contributed by atoms with Gasteiger partial charge in [0, 0.05) is 34.4 Å². The molecular formula is C27H43NO9. The van der Waals surface area contributed by atoms with Crippen molar-refractivity contribution in [2.45, 2.75) is 88.5 Å². The molecule has 2 aliphatic rings. The molecule has 210 valence electrons. The van der Waals surface area contributed by atoms with E-state index in [1.54, 1.807) is 21.3 Å². The predicted molar refractivity (Wildman–Crippen MR) is 135 cm³/mol. The van der Waals surface area contributed by atoms with Crippen molar-refractivity contribution >= 4 is 6.09 Å². The van der Waals surface area contributed by atoms with E-state index in [0.29, 0.717) is 13.0 Å². The number of hydrogen-bond donors (Lipinski definition) is 1. The molecule has 2 saturated heterocycles. The molecule has 0 radical (unpaired) electrons. The first-order valence-corrected chi connectivity index (χ1v) is 12.8. The Hall–Kier alpha value is -1.79. The highest BCUT2D eigenvalue weighted by Gasteiger charge is 2.50. The summed E-state index contributed by atoms with van der Waals surface area (Å²) in [5, 5.41) is 3.02. The molecule has 0 saturated carbocycles. The van der Waals surface area contributed by atoms with Crippen LogP contribution in [-0.2, 0) is 44.3 Å². The molecule has 0 spiro atoms. The number of nitrogens with one attached hydrogen (secondary N) is 1. The predicted octanol–water partition coefficient (Wildman–Crippen LogP) is 3.06. The first-order valence-electron chi connectivity index (χ1n) is 12.8. The fraction of sp³-hybridized carbons (Fsp3) is 0.741. The highest BCUT2D eigenvalue weighted by atomic mass is 16.8. The molecule has 1 N–H and O–H groups in total. The maximum absolute atomic E-state index is 12.9. The zero-order valence-corrected chi connectivity index (χ0v) is 22.8. The Bertz CT molecular complexity index is 797. The SMILES string of the molecule is COC[C@H]1O[C@H](C(Cc2ccccc2)NC(=O)OC(C)(C)C)[C@H](OCOC2CCCO2)[C@@H](OC)[C@@H]1OC. The van der Waals surface area contributed by atoms with E-state index in [9.17, 15) is 4.79 Å². The van der Waals surface area contributed by atoms with Crippen molar-refractivity contribution in [2.75, 3.05) is 41.3 Å². The van der Waals surface area contributed by atoms with Crippen LogP contribution in [0.2, 0.25) is 0 Å². The molecule has 3 rings (SSSR count). The quantitative estimate of drug-likeness (QED) is 0.413. The van der Waals surface area contributed by atoms with Crippen molar-refractivity contribution in [3.8, 4) is 0 Å². The van der Waals surface area contributed by atoms with Gasteiger partial charge in [0.15, 0.2) is 13.1 Å². The summed E-state index contributed by atoms with van der Waals surface area (Å²) >= 11 is 0. The van der Waals surface area contributed by atoms with E-state index in [4.69, 9.17) is 37.9 Å². The van der Waals surface area contributed by atoms with Crippen molar-refractivity contribution in [1.82, 2.24) is 5.32 Å². The van der Waals surface area contributed by atoms with E-state index in [-0.39, 0.29) is 19.7 Å². The lowest BCUT2D eigenvalue weighted by molar-refractivity contribution is -0.284. The number of ether oxygens (including phenoxy) is 8. The van der Waals surface area contributed by atoms with E-state index in [1.807, 2.05) is 51.1 Å². The number of alkyl carbamates (subject to hydrolysis) is 1. The Balaban J connectivity index is 1.89. The van der Waals surface area contributed by atoms with E-state index < -0.39 is 48.3 Å². The second kappa shape index (κ2) is 14.4. The van der Waals surface area contributed by atoms with E-state index in [0.717, 1.165) is 18.4 Å². The van der Waals surface area contributed by atoms with Gasteiger partial charge < -0.3 is 43.2 Å². The number of amides is 1. The lowest BCUT2D eigenvalue weighted by atomic mass is 9.88. The van der Waals surface area contributed by atoms with Crippen molar-refractivity contribution in [1.29, 1.82) is 0 Å². The number of hydrogen-bond acceptors (Lipinski definition) is 9. The van der Waals surface area contributed by atoms with Crippen molar-refractivity contribution in [2.24, 2.45) is 0 Å². The molecule has 10 heteroatoms. The van der Waals surface area contributed by atoms with E-state index >= 15 is 0 Å². The Kier molecular flexibility index (Phi) is 11.6. The summed E-state index contributed by atoms with van der Waals surface area (Å²) < 4.78 is 46.9. The average Bonchev–Trinajstić information content (AvgIpc) is 3.37. The van der Waals surface area contributed by atoms with Gasteiger partial charge in [-0.2, -0.15) is 0 Å². The van der Waals surface area contributed by atoms with Gasteiger partial charge >= 0.3 is 6.09 Å². The molecule has 2 fully saturated rings. The number of benzene rings is 1. The molecule has 0 bridgehead atoms. The molecule has 37 heavy (non-hydrogen) atoms. The van der Waals surface area contributed by atoms with E-state index in [1.165, 1.54) is 0 Å². The number of methoxy groups -OCH3 is 3. The van der Waals surface area contributed by atoms with Crippen LogP contribution in [0.25, 0.3) is 0 Å². The molecule has 10 nitrogen and oxygen atoms in total. The van der Waals surface area contributed by atoms with Crippen LogP contribution in [0.1, 0.15) is 39.2 Å². The third-order valence-electron chi connectivity index (χ3n) is 6.34. The lowest BCUT2D eigenvalue weighted by Gasteiger charge is -2.47. The number of carbonyl (C=O) groups excluding carboxylic acids is 1. The first-order chi connectivity index (χ1) is 17.8. The Labute approximate surface area is 220 Å². The molecule has 0 aromatic heterocycles. The first kappa shape index (κ1) is 29.8. The Morgan fingerprint density at radius 3 is 2.38 bits per heavy atom. The van der Waals surface area contributed by atoms with Gasteiger partial charge in [0.2, 0.25) is 0 Å². The van der Waals surface area contributed by atoms with Gasteiger partial charge in [0.05, 0.1) is 12.6 Å². The molecule has 2 aliphatic heterocycles. The largest absolute Gasteiger partial charge is 0.444 e. The van der Waals surface area contributed by atoms with Gasteiger partial charge in [0.25, 0.3) is 0 Å². The molecule has 1 aromatic rings. The van der Waals surface area contributed by atoms with Gasteiger partial charge in [-0.3, -0.25) is 0 Å². The van der Waals surface area contributed by atoms with Crippen LogP contribution in [0.5, 0.6) is 0 Å². The van der Waals surface area contributed by atoms with Crippen molar-refractivity contribution in [3.63, 3.8) is 0 Å². The molecule has 2 unspecified atom stereocenters. The summed E-state index contributed by atoms with van der Waals surface area (Å²) in [4.78, 5) is 12.9. The van der Waals surface area contributed by atoms with Crippen LogP contribution in [0.3, 0.4) is 0 Å². The second-order valence-electron chi connectivity index (χ2n) is 10.3. The van der Waals surface area contributed by atoms with Crippen LogP contribution < -0.4 is 5.32 Å². The fourth-order valence-corrected chi connectivity index (χ4v) is 4.76. The van der Waals surface area contributed by atoms with Gasteiger partial charge in [0.1, 0.15) is 36.1 Å². The van der Waals surface area contributed by atoms with Gasteiger partial charge in [-0.05, 0) is 39.2 Å². The normalized spacial score (nSPS) is 29.1. The van der Waals surface area contributed by atoms with Gasteiger partial charge in [-0.25, -0.2) is 4.79 Å². The van der Waals surface area contributed by atoms with E-state index in [2.05, 4.69) is 5.32 Å². The molecule has 2 heterocycles. The highest BCUT2D eigenvalue weighted by molar-refractivity contribution is 5.68. The summed E-state index contributed by atoms with van der Waals surface area (Å²) in [6, 6.07) is 9.35. The topological polar surface area (TPSA) is 103 Å². The summed E-state index contributed by atoms with van der Waals surface area (Å²) in [5.41, 5.74) is 0.363. The van der Waals surface area contributed by atoms with Gasteiger partial charge in [-0.15, -0.1) is 0 Å². The van der Waals surface area contributed by atoms with Crippen molar-refractivity contribution < 1.29 is 42.7 Å². The van der Waals surface area contributed by atoms with Crippen LogP contribution in [-0.4, -0.2) is 95.9 Å². The summed E-state index contributed by atoms with van der Waals surface area (Å²) in [6.07, 6.45) is -1.30. The zero-order chi connectivity index (χ0) is 26.8. The second-order valence-corrected chi connectivity index (χ2v) is 10.3. The molecule has 0 aliphatic carbocycles. The molecule has 1 amide bonds. The van der Waals surface area contributed by atoms with Crippen LogP contribution in [0.15, 0.2) is 30.3 Å². The molecule has 1 aromatic carbocycles. The van der Waals surface area contributed by atoms with Crippen LogP contribution in [0, 0.1) is 0 Å². The van der Waals surface area contributed by atoms with Gasteiger partial charge in [-0.1, -0.05) is 30.3 Å². The average molecular weight is 526 g/mol. The molecule has 7 atom stereocenters. The highest BCUT2D eigenvalue weighted by Crippen LogP contribution is 2.31. The summed E-state index contributed by atoms with van der Waals surface area (Å²) in [6.45, 7) is 6.39. The van der Waals surface area contributed by atoms with Crippen LogP contribution >= 0.6 is 0 Å². The minimum atomic E-state index is -0.658. The Morgan fingerprint density at radius 2 is 1.78 bits per heavy atom. The summed E-state index contributed by atoms with van der Waals surface area (Å²) in [7, 11) is 4.81. The lowest BCUT2D eigenvalue weighted by Crippen LogP contribution is -2.66. The third-order valence-corrected chi connectivity index (χ3v) is 6.34. The standard InChI is InChI=1S/C27H43NO9/c1-27(2,3)37-26(29)28-19(15-18-11-8-7-9-12-18)22-25(35-17-34-21-13-10-14-33-21)24(32-6)23(31-5)20(36-22)16-30-4/h7-9,11-12,19-25H,10,13-17H2,1-6H3,(H,28,29)/t19?,20-,21?,22-,23-,24+,25+/m1/s1.